The number of nitrogens with two attached hydrogens (primary N) is 1. The van der Waals surface area contributed by atoms with Crippen molar-refractivity contribution in [2.24, 2.45) is 0 Å². The van der Waals surface area contributed by atoms with Gasteiger partial charge in [-0.25, -0.2) is 27.2 Å². The van der Waals surface area contributed by atoms with Crippen LogP contribution in [0.5, 0.6) is 5.88 Å². The van der Waals surface area contributed by atoms with Crippen LogP contribution in [0.3, 0.4) is 0 Å². The monoisotopic (exact) mass is 532 g/mol. The zero-order valence-corrected chi connectivity index (χ0v) is 21.0. The van der Waals surface area contributed by atoms with E-state index >= 15 is 0 Å². The molecule has 3 N–H and O–H groups in total. The van der Waals surface area contributed by atoms with Crippen LogP contribution in [0, 0.1) is 11.6 Å². The standard InChI is InChI=1S/C28H22F2N4O3S/c1-37-28-26(34-38(35,36)24-14-22(29)13-23(30)15-24)12-21(16-32-28)18-7-8-25-19(10-18)11-20(27(31)33-25)9-17-5-3-2-4-6-17/h2-8,10-16,34H,9H2,1H3,(H2,31,33). The average Bonchev–Trinajstić information content (AvgIpc) is 2.89. The van der Waals surface area contributed by atoms with E-state index in [1.54, 1.807) is 0 Å². The van der Waals surface area contributed by atoms with Crippen LogP contribution in [-0.2, 0) is 16.4 Å². The Morgan fingerprint density at radius 1 is 0.921 bits per heavy atom. The van der Waals surface area contributed by atoms with Crippen LogP contribution in [0.1, 0.15) is 11.1 Å². The molecular formula is C28H22F2N4O3S. The maximum atomic E-state index is 13.6. The molecule has 0 spiro atoms. The SMILES string of the molecule is COc1ncc(-c2ccc3nc(N)c(Cc4ccccc4)cc3c2)cc1NS(=O)(=O)c1cc(F)cc(F)c1. The van der Waals surface area contributed by atoms with E-state index in [0.29, 0.717) is 29.4 Å². The normalized spacial score (nSPS) is 11.4. The van der Waals surface area contributed by atoms with E-state index in [4.69, 9.17) is 10.5 Å². The van der Waals surface area contributed by atoms with Crippen molar-refractivity contribution in [3.8, 4) is 17.0 Å². The number of hydrogen-bond acceptors (Lipinski definition) is 6. The summed E-state index contributed by atoms with van der Waals surface area (Å²) in [6.07, 6.45) is 2.16. The number of aromatic nitrogens is 2. The Morgan fingerprint density at radius 3 is 2.37 bits per heavy atom. The topological polar surface area (TPSA) is 107 Å². The van der Waals surface area contributed by atoms with Crippen molar-refractivity contribution < 1.29 is 21.9 Å². The lowest BCUT2D eigenvalue weighted by molar-refractivity contribution is 0.400. The van der Waals surface area contributed by atoms with Crippen molar-refractivity contribution in [3.63, 3.8) is 0 Å². The second-order valence-corrected chi connectivity index (χ2v) is 10.3. The van der Waals surface area contributed by atoms with Crippen molar-refractivity contribution in [3.05, 3.63) is 108 Å². The zero-order chi connectivity index (χ0) is 26.9. The third-order valence-corrected chi connectivity index (χ3v) is 7.28. The summed E-state index contributed by atoms with van der Waals surface area (Å²) >= 11 is 0. The first-order valence-electron chi connectivity index (χ1n) is 11.5. The molecule has 0 saturated heterocycles. The molecule has 0 fully saturated rings. The first-order valence-corrected chi connectivity index (χ1v) is 13.0. The predicted octanol–water partition coefficient (Wildman–Crippen LogP) is 5.56. The molecule has 0 saturated carbocycles. The number of hydrogen-bond donors (Lipinski definition) is 2. The summed E-state index contributed by atoms with van der Waals surface area (Å²) in [6.45, 7) is 0. The van der Waals surface area contributed by atoms with Gasteiger partial charge in [-0.3, -0.25) is 4.72 Å². The molecule has 0 aliphatic carbocycles. The Hall–Kier alpha value is -4.57. The first-order chi connectivity index (χ1) is 18.2. The number of ether oxygens (including phenoxy) is 1. The molecule has 5 aromatic rings. The quantitative estimate of drug-likeness (QED) is 0.284. The van der Waals surface area contributed by atoms with E-state index in [1.807, 2.05) is 54.6 Å². The van der Waals surface area contributed by atoms with Crippen LogP contribution in [-0.4, -0.2) is 25.5 Å². The molecule has 38 heavy (non-hydrogen) atoms. The van der Waals surface area contributed by atoms with Crippen LogP contribution in [0.4, 0.5) is 20.3 Å². The smallest absolute Gasteiger partial charge is 0.262 e. The Balaban J connectivity index is 1.51. The summed E-state index contributed by atoms with van der Waals surface area (Å²) in [4.78, 5) is 8.19. The van der Waals surface area contributed by atoms with Gasteiger partial charge in [0, 0.05) is 29.6 Å². The molecule has 0 bridgehead atoms. The Bertz CT molecular complexity index is 1740. The summed E-state index contributed by atoms with van der Waals surface area (Å²) in [6, 6.07) is 21.0. The van der Waals surface area contributed by atoms with Crippen LogP contribution in [0.25, 0.3) is 22.0 Å². The average molecular weight is 533 g/mol. The maximum Gasteiger partial charge on any atom is 0.262 e. The van der Waals surface area contributed by atoms with Crippen molar-refractivity contribution >= 4 is 32.4 Å². The minimum absolute atomic E-state index is 0.00502. The van der Waals surface area contributed by atoms with Gasteiger partial charge in [-0.1, -0.05) is 36.4 Å². The second kappa shape index (κ2) is 10.1. The van der Waals surface area contributed by atoms with Crippen molar-refractivity contribution in [2.45, 2.75) is 11.3 Å². The largest absolute Gasteiger partial charge is 0.480 e. The zero-order valence-electron chi connectivity index (χ0n) is 20.2. The lowest BCUT2D eigenvalue weighted by atomic mass is 10.0. The number of anilines is 2. The molecule has 0 atom stereocenters. The highest BCUT2D eigenvalue weighted by molar-refractivity contribution is 7.92. The Labute approximate surface area is 218 Å². The van der Waals surface area contributed by atoms with Crippen LogP contribution in [0.2, 0.25) is 0 Å². The van der Waals surface area contributed by atoms with Crippen molar-refractivity contribution in [1.29, 1.82) is 0 Å². The van der Waals surface area contributed by atoms with E-state index < -0.39 is 26.6 Å². The molecule has 0 aliphatic rings. The maximum absolute atomic E-state index is 13.6. The van der Waals surface area contributed by atoms with Crippen molar-refractivity contribution in [2.75, 3.05) is 17.6 Å². The summed E-state index contributed by atoms with van der Waals surface area (Å²) in [7, 11) is -3.00. The van der Waals surface area contributed by atoms with Gasteiger partial charge >= 0.3 is 0 Å². The number of halogens is 2. The Morgan fingerprint density at radius 2 is 1.66 bits per heavy atom. The lowest BCUT2D eigenvalue weighted by Crippen LogP contribution is -2.14. The van der Waals surface area contributed by atoms with E-state index in [9.17, 15) is 17.2 Å². The second-order valence-electron chi connectivity index (χ2n) is 8.59. The molecule has 0 unspecified atom stereocenters. The van der Waals surface area contributed by atoms with E-state index in [1.165, 1.54) is 19.4 Å². The Kier molecular flexibility index (Phi) is 6.64. The first kappa shape index (κ1) is 25.1. The lowest BCUT2D eigenvalue weighted by Gasteiger charge is -2.13. The van der Waals surface area contributed by atoms with Gasteiger partial charge in [-0.15, -0.1) is 0 Å². The number of benzene rings is 3. The van der Waals surface area contributed by atoms with E-state index in [-0.39, 0.29) is 11.6 Å². The van der Waals surface area contributed by atoms with Crippen LogP contribution in [0.15, 0.2) is 90.0 Å². The molecule has 7 nitrogen and oxygen atoms in total. The molecule has 0 aliphatic heterocycles. The van der Waals surface area contributed by atoms with E-state index in [2.05, 4.69) is 14.7 Å². The third kappa shape index (κ3) is 5.25. The number of nitrogens with zero attached hydrogens (tertiary/aromatic N) is 2. The highest BCUT2D eigenvalue weighted by atomic mass is 32.2. The summed E-state index contributed by atoms with van der Waals surface area (Å²) in [5.41, 5.74) is 10.2. The van der Waals surface area contributed by atoms with Crippen molar-refractivity contribution in [1.82, 2.24) is 9.97 Å². The number of sulfonamides is 1. The molecule has 2 heterocycles. The minimum Gasteiger partial charge on any atom is -0.480 e. The highest BCUT2D eigenvalue weighted by Gasteiger charge is 2.20. The molecule has 0 radical (unpaired) electrons. The van der Waals surface area contributed by atoms with Gasteiger partial charge in [-0.05, 0) is 53.1 Å². The summed E-state index contributed by atoms with van der Waals surface area (Å²) in [5.74, 6) is -1.58. The number of rotatable bonds is 7. The fourth-order valence-corrected chi connectivity index (χ4v) is 5.19. The number of nitrogens with one attached hydrogen (secondary N) is 1. The van der Waals surface area contributed by atoms with E-state index in [0.717, 1.165) is 34.2 Å². The summed E-state index contributed by atoms with van der Waals surface area (Å²) < 4.78 is 60.6. The molecular weight excluding hydrogens is 510 g/mol. The molecule has 10 heteroatoms. The van der Waals surface area contributed by atoms with Gasteiger partial charge in [0.2, 0.25) is 5.88 Å². The number of nitrogen functional groups attached to an aromatic ring is 1. The highest BCUT2D eigenvalue weighted by Crippen LogP contribution is 2.32. The number of pyridine rings is 2. The van der Waals surface area contributed by atoms with Gasteiger partial charge < -0.3 is 10.5 Å². The third-order valence-electron chi connectivity index (χ3n) is 5.93. The summed E-state index contributed by atoms with van der Waals surface area (Å²) in [5, 5.41) is 0.843. The van der Waals surface area contributed by atoms with Gasteiger partial charge in [0.05, 0.1) is 17.5 Å². The predicted molar refractivity (Wildman–Crippen MR) is 142 cm³/mol. The fourth-order valence-electron chi connectivity index (χ4n) is 4.11. The molecule has 2 aromatic heterocycles. The van der Waals surface area contributed by atoms with Gasteiger partial charge in [0.1, 0.15) is 23.1 Å². The van der Waals surface area contributed by atoms with Crippen LogP contribution < -0.4 is 15.2 Å². The fraction of sp³-hybridized carbons (Fsp3) is 0.0714. The molecule has 192 valence electrons. The van der Waals surface area contributed by atoms with Gasteiger partial charge in [0.15, 0.2) is 0 Å². The molecule has 3 aromatic carbocycles. The van der Waals surface area contributed by atoms with Gasteiger partial charge in [-0.2, -0.15) is 0 Å². The minimum atomic E-state index is -4.34. The van der Waals surface area contributed by atoms with Crippen LogP contribution >= 0.6 is 0 Å². The molecule has 5 rings (SSSR count). The van der Waals surface area contributed by atoms with Gasteiger partial charge in [0.25, 0.3) is 10.0 Å². The molecule has 0 amide bonds. The number of fused-ring (bicyclic) bond motifs is 1. The number of methoxy groups -OCH3 is 1.